The Kier molecular flexibility index (Phi) is 6.55. The van der Waals surface area contributed by atoms with Gasteiger partial charge < -0.3 is 20.1 Å². The number of hydrogen-bond acceptors (Lipinski definition) is 8. The van der Waals surface area contributed by atoms with Crippen LogP contribution in [0.15, 0.2) is 77.3 Å². The van der Waals surface area contributed by atoms with Crippen LogP contribution in [0.1, 0.15) is 24.3 Å². The summed E-state index contributed by atoms with van der Waals surface area (Å²) in [5, 5.41) is 10.1. The van der Waals surface area contributed by atoms with Gasteiger partial charge in [0, 0.05) is 24.5 Å². The number of carbonyl (C=O) groups excluding carboxylic acids is 2. The first kappa shape index (κ1) is 22.9. The van der Waals surface area contributed by atoms with Gasteiger partial charge in [-0.3, -0.25) is 4.90 Å². The summed E-state index contributed by atoms with van der Waals surface area (Å²) in [7, 11) is 2.47. The van der Waals surface area contributed by atoms with Gasteiger partial charge >= 0.3 is 11.9 Å². The number of rotatable bonds is 5. The second-order valence-electron chi connectivity index (χ2n) is 8.05. The molecule has 1 atom stereocenters. The van der Waals surface area contributed by atoms with Gasteiger partial charge in [-0.25, -0.2) is 9.59 Å². The molecule has 0 radical (unpaired) electrons. The minimum absolute atomic E-state index is 0.00197. The van der Waals surface area contributed by atoms with Crippen molar-refractivity contribution in [2.75, 3.05) is 37.1 Å². The van der Waals surface area contributed by atoms with E-state index in [1.807, 2.05) is 24.3 Å². The van der Waals surface area contributed by atoms with Crippen LogP contribution in [0.2, 0.25) is 0 Å². The van der Waals surface area contributed by atoms with Crippen LogP contribution in [-0.2, 0) is 19.1 Å². The van der Waals surface area contributed by atoms with E-state index in [1.54, 1.807) is 30.3 Å². The monoisotopic (exact) mass is 458 g/mol. The van der Waals surface area contributed by atoms with Crippen LogP contribution in [0.4, 0.5) is 11.4 Å². The quantitative estimate of drug-likeness (QED) is 0.681. The normalized spacial score (nSPS) is 18.1. The van der Waals surface area contributed by atoms with Gasteiger partial charge in [0.2, 0.25) is 0 Å². The summed E-state index contributed by atoms with van der Waals surface area (Å²) >= 11 is 0. The SMILES string of the molecule is COC(=O)C1=C(C(=O)OC)N(c2cccc(N3CCCC3)c2)C(N)=C(C#N)C1c1ccccc1. The Morgan fingerprint density at radius 1 is 0.971 bits per heavy atom. The third-order valence-corrected chi connectivity index (χ3v) is 6.17. The molecule has 34 heavy (non-hydrogen) atoms. The number of carbonyl (C=O) groups is 2. The lowest BCUT2D eigenvalue weighted by atomic mass is 9.81. The fourth-order valence-electron chi connectivity index (χ4n) is 4.59. The molecule has 1 fully saturated rings. The largest absolute Gasteiger partial charge is 0.466 e. The Labute approximate surface area is 198 Å². The molecule has 0 aliphatic carbocycles. The van der Waals surface area contributed by atoms with Crippen LogP contribution in [0.25, 0.3) is 0 Å². The summed E-state index contributed by atoms with van der Waals surface area (Å²) in [5.74, 6) is -2.32. The minimum atomic E-state index is -0.884. The number of nitrogens with two attached hydrogens (primary N) is 1. The first-order valence-corrected chi connectivity index (χ1v) is 11.0. The Bertz CT molecular complexity index is 1210. The smallest absolute Gasteiger partial charge is 0.355 e. The fraction of sp³-hybridized carbons (Fsp3) is 0.269. The number of methoxy groups -OCH3 is 2. The third-order valence-electron chi connectivity index (χ3n) is 6.17. The Morgan fingerprint density at radius 3 is 2.24 bits per heavy atom. The van der Waals surface area contributed by atoms with Gasteiger partial charge in [-0.2, -0.15) is 5.26 Å². The third kappa shape index (κ3) is 3.97. The minimum Gasteiger partial charge on any atom is -0.466 e. The van der Waals surface area contributed by atoms with E-state index in [0.29, 0.717) is 11.3 Å². The van der Waals surface area contributed by atoms with E-state index in [9.17, 15) is 14.9 Å². The average Bonchev–Trinajstić information content (AvgIpc) is 3.42. The van der Waals surface area contributed by atoms with E-state index in [0.717, 1.165) is 31.6 Å². The molecule has 8 heteroatoms. The van der Waals surface area contributed by atoms with E-state index >= 15 is 0 Å². The number of esters is 2. The summed E-state index contributed by atoms with van der Waals surface area (Å²) < 4.78 is 10.2. The van der Waals surface area contributed by atoms with Crippen molar-refractivity contribution in [3.63, 3.8) is 0 Å². The number of nitrogens with zero attached hydrogens (tertiary/aromatic N) is 3. The van der Waals surface area contributed by atoms with Crippen molar-refractivity contribution in [3.05, 3.63) is 82.8 Å². The second-order valence-corrected chi connectivity index (χ2v) is 8.05. The molecule has 2 aliphatic heterocycles. The maximum absolute atomic E-state index is 13.1. The van der Waals surface area contributed by atoms with Gasteiger partial charge in [0.1, 0.15) is 11.5 Å². The molecule has 2 N–H and O–H groups in total. The van der Waals surface area contributed by atoms with Crippen LogP contribution in [0.3, 0.4) is 0 Å². The highest BCUT2D eigenvalue weighted by molar-refractivity contribution is 6.06. The molecule has 1 saturated heterocycles. The summed E-state index contributed by atoms with van der Waals surface area (Å²) in [6.45, 7) is 1.86. The first-order chi connectivity index (χ1) is 16.5. The maximum Gasteiger partial charge on any atom is 0.355 e. The van der Waals surface area contributed by atoms with Crippen LogP contribution in [-0.4, -0.2) is 39.2 Å². The molecule has 174 valence electrons. The highest BCUT2D eigenvalue weighted by atomic mass is 16.5. The zero-order valence-corrected chi connectivity index (χ0v) is 19.2. The van der Waals surface area contributed by atoms with E-state index < -0.39 is 17.9 Å². The van der Waals surface area contributed by atoms with Crippen molar-refractivity contribution in [1.29, 1.82) is 5.26 Å². The average molecular weight is 459 g/mol. The van der Waals surface area contributed by atoms with Gasteiger partial charge in [0.15, 0.2) is 0 Å². The molecule has 2 aromatic rings. The lowest BCUT2D eigenvalue weighted by Crippen LogP contribution is -2.40. The zero-order valence-electron chi connectivity index (χ0n) is 19.2. The van der Waals surface area contributed by atoms with Gasteiger partial charge in [-0.05, 0) is 36.6 Å². The predicted octanol–water partition coefficient (Wildman–Crippen LogP) is 3.18. The van der Waals surface area contributed by atoms with Gasteiger partial charge in [0.25, 0.3) is 0 Å². The summed E-state index contributed by atoms with van der Waals surface area (Å²) in [5.41, 5.74) is 8.78. The molecule has 1 unspecified atom stereocenters. The van der Waals surface area contributed by atoms with E-state index in [4.69, 9.17) is 15.2 Å². The molecule has 4 rings (SSSR count). The summed E-state index contributed by atoms with van der Waals surface area (Å²) in [6.07, 6.45) is 2.21. The Hall–Kier alpha value is -4.25. The van der Waals surface area contributed by atoms with Gasteiger partial charge in [-0.1, -0.05) is 36.4 Å². The topological polar surface area (TPSA) is 109 Å². The van der Waals surface area contributed by atoms with E-state index in [-0.39, 0.29) is 22.7 Å². The lowest BCUT2D eigenvalue weighted by Gasteiger charge is -2.36. The van der Waals surface area contributed by atoms with Crippen molar-refractivity contribution < 1.29 is 19.1 Å². The predicted molar refractivity (Wildman–Crippen MR) is 127 cm³/mol. The van der Waals surface area contributed by atoms with Crippen LogP contribution in [0, 0.1) is 11.3 Å². The first-order valence-electron chi connectivity index (χ1n) is 11.0. The van der Waals surface area contributed by atoms with Crippen molar-refractivity contribution in [1.82, 2.24) is 0 Å². The molecule has 2 heterocycles. The summed E-state index contributed by atoms with van der Waals surface area (Å²) in [4.78, 5) is 29.9. The van der Waals surface area contributed by atoms with E-state index in [2.05, 4.69) is 11.0 Å². The summed E-state index contributed by atoms with van der Waals surface area (Å²) in [6, 6.07) is 18.6. The number of benzene rings is 2. The standard InChI is InChI=1S/C26H26N4O4/c1-33-25(31)22-21(17-9-4-3-5-10-17)20(16-27)24(28)30(23(22)26(32)34-2)19-12-8-11-18(15-19)29-13-6-7-14-29/h3-5,8-12,15,21H,6-7,13-14,28H2,1-2H3. The van der Waals surface area contributed by atoms with Crippen molar-refractivity contribution >= 4 is 23.3 Å². The molecular formula is C26H26N4O4. The molecule has 0 saturated carbocycles. The lowest BCUT2D eigenvalue weighted by molar-refractivity contribution is -0.139. The maximum atomic E-state index is 13.1. The van der Waals surface area contributed by atoms with Crippen LogP contribution in [0.5, 0.6) is 0 Å². The van der Waals surface area contributed by atoms with Crippen LogP contribution >= 0.6 is 0 Å². The van der Waals surface area contributed by atoms with Gasteiger partial charge in [-0.15, -0.1) is 0 Å². The molecule has 0 amide bonds. The molecule has 0 aromatic heterocycles. The zero-order chi connectivity index (χ0) is 24.2. The number of hydrogen-bond donors (Lipinski definition) is 1. The van der Waals surface area contributed by atoms with Crippen LogP contribution < -0.4 is 15.5 Å². The Balaban J connectivity index is 1.98. The molecule has 0 bridgehead atoms. The van der Waals surface area contributed by atoms with Crippen molar-refractivity contribution in [2.45, 2.75) is 18.8 Å². The second kappa shape index (κ2) is 9.71. The number of allylic oxidation sites excluding steroid dienone is 1. The Morgan fingerprint density at radius 2 is 1.62 bits per heavy atom. The molecule has 0 spiro atoms. The molecule has 2 aliphatic rings. The molecular weight excluding hydrogens is 432 g/mol. The number of nitriles is 1. The van der Waals surface area contributed by atoms with Crippen molar-refractivity contribution in [3.8, 4) is 6.07 Å². The van der Waals surface area contributed by atoms with E-state index in [1.165, 1.54) is 19.1 Å². The highest BCUT2D eigenvalue weighted by Gasteiger charge is 2.43. The van der Waals surface area contributed by atoms with Crippen molar-refractivity contribution in [2.24, 2.45) is 5.73 Å². The number of anilines is 2. The number of ether oxygens (including phenoxy) is 2. The fourth-order valence-corrected chi connectivity index (χ4v) is 4.59. The molecule has 2 aromatic carbocycles. The highest BCUT2D eigenvalue weighted by Crippen LogP contribution is 2.43. The van der Waals surface area contributed by atoms with Gasteiger partial charge in [0.05, 0.1) is 37.4 Å². The molecule has 8 nitrogen and oxygen atoms in total.